The molecular weight excluding hydrogens is 276 g/mol. The summed E-state index contributed by atoms with van der Waals surface area (Å²) in [5.41, 5.74) is 6.85. The van der Waals surface area contributed by atoms with Crippen molar-refractivity contribution >= 4 is 0 Å². The van der Waals surface area contributed by atoms with Crippen LogP contribution in [0, 0.1) is 24.5 Å². The fraction of sp³-hybridized carbons (Fsp3) is 0.625. The first-order chi connectivity index (χ1) is 10.0. The summed E-state index contributed by atoms with van der Waals surface area (Å²) < 4.78 is 38.7. The van der Waals surface area contributed by atoms with Crippen molar-refractivity contribution in [2.75, 3.05) is 19.8 Å². The van der Waals surface area contributed by atoms with Crippen molar-refractivity contribution < 1.29 is 18.3 Å². The summed E-state index contributed by atoms with van der Waals surface area (Å²) in [5, 5.41) is 0. The molecule has 0 amide bonds. The fourth-order valence-electron chi connectivity index (χ4n) is 3.42. The Morgan fingerprint density at radius 3 is 2.81 bits per heavy atom. The van der Waals surface area contributed by atoms with Gasteiger partial charge in [0.25, 0.3) is 0 Å². The molecule has 21 heavy (non-hydrogen) atoms. The summed E-state index contributed by atoms with van der Waals surface area (Å²) in [6.45, 7) is 3.53. The zero-order valence-electron chi connectivity index (χ0n) is 12.2. The van der Waals surface area contributed by atoms with Crippen LogP contribution in [0.3, 0.4) is 0 Å². The highest BCUT2D eigenvalue weighted by molar-refractivity contribution is 5.28. The first-order valence-corrected chi connectivity index (χ1v) is 7.44. The summed E-state index contributed by atoms with van der Waals surface area (Å²) in [5.74, 6) is -0.968. The van der Waals surface area contributed by atoms with Gasteiger partial charge in [-0.2, -0.15) is 0 Å². The molecule has 1 spiro atoms. The summed E-state index contributed by atoms with van der Waals surface area (Å²) in [4.78, 5) is 0. The Hall–Kier alpha value is -1.04. The van der Waals surface area contributed by atoms with Crippen molar-refractivity contribution in [2.24, 2.45) is 11.7 Å². The highest BCUT2D eigenvalue weighted by Gasteiger charge is 2.42. The standard InChI is InChI=1S/C16H21F2NO2/c1-10-6-12(14(18)7-13(10)17)15(19)11-2-4-21-16(8-11)3-5-20-9-16/h6-7,11,15H,2-5,8-9,19H2,1H3. The van der Waals surface area contributed by atoms with Crippen LogP contribution >= 0.6 is 0 Å². The van der Waals surface area contributed by atoms with Gasteiger partial charge in [0.05, 0.1) is 12.2 Å². The Morgan fingerprint density at radius 2 is 2.10 bits per heavy atom. The number of benzene rings is 1. The average Bonchev–Trinajstić information content (AvgIpc) is 2.90. The second-order valence-electron chi connectivity index (χ2n) is 6.24. The smallest absolute Gasteiger partial charge is 0.130 e. The maximum Gasteiger partial charge on any atom is 0.130 e. The van der Waals surface area contributed by atoms with Crippen molar-refractivity contribution in [2.45, 2.75) is 37.8 Å². The second-order valence-corrected chi connectivity index (χ2v) is 6.24. The summed E-state index contributed by atoms with van der Waals surface area (Å²) in [6.07, 6.45) is 2.42. The van der Waals surface area contributed by atoms with Crippen LogP contribution in [0.25, 0.3) is 0 Å². The van der Waals surface area contributed by atoms with E-state index in [0.717, 1.165) is 25.3 Å². The Balaban J connectivity index is 1.81. The minimum absolute atomic E-state index is 0.125. The molecule has 1 aromatic rings. The molecule has 3 atom stereocenters. The van der Waals surface area contributed by atoms with Crippen LogP contribution in [0.4, 0.5) is 8.78 Å². The number of aryl methyl sites for hydroxylation is 1. The van der Waals surface area contributed by atoms with Gasteiger partial charge < -0.3 is 15.2 Å². The topological polar surface area (TPSA) is 44.5 Å². The van der Waals surface area contributed by atoms with Crippen LogP contribution in [-0.2, 0) is 9.47 Å². The molecule has 2 heterocycles. The molecule has 0 aliphatic carbocycles. The van der Waals surface area contributed by atoms with Crippen LogP contribution in [0.1, 0.15) is 36.4 Å². The van der Waals surface area contributed by atoms with Crippen LogP contribution in [0.5, 0.6) is 0 Å². The van der Waals surface area contributed by atoms with E-state index in [1.54, 1.807) is 6.92 Å². The molecule has 116 valence electrons. The van der Waals surface area contributed by atoms with E-state index in [0.29, 0.717) is 30.9 Å². The minimum atomic E-state index is -0.561. The minimum Gasteiger partial charge on any atom is -0.378 e. The highest BCUT2D eigenvalue weighted by atomic mass is 19.1. The fourth-order valence-corrected chi connectivity index (χ4v) is 3.42. The maximum atomic E-state index is 14.0. The number of rotatable bonds is 2. The number of ether oxygens (including phenoxy) is 2. The third-order valence-electron chi connectivity index (χ3n) is 4.74. The van der Waals surface area contributed by atoms with Crippen LogP contribution in [0.15, 0.2) is 12.1 Å². The molecule has 1 aromatic carbocycles. The second kappa shape index (κ2) is 5.63. The zero-order valence-corrected chi connectivity index (χ0v) is 12.2. The Bertz CT molecular complexity index is 529. The zero-order chi connectivity index (χ0) is 15.0. The lowest BCUT2D eigenvalue weighted by atomic mass is 9.79. The van der Waals surface area contributed by atoms with Gasteiger partial charge in [-0.05, 0) is 37.3 Å². The molecule has 0 bridgehead atoms. The van der Waals surface area contributed by atoms with Gasteiger partial charge in [-0.3, -0.25) is 0 Å². The van der Waals surface area contributed by atoms with Crippen LogP contribution in [-0.4, -0.2) is 25.4 Å². The first kappa shape index (κ1) is 14.9. The SMILES string of the molecule is Cc1cc(C(N)C2CCOC3(CCOC3)C2)c(F)cc1F. The monoisotopic (exact) mass is 297 g/mol. The van der Waals surface area contributed by atoms with Gasteiger partial charge in [-0.15, -0.1) is 0 Å². The number of hydrogen-bond donors (Lipinski definition) is 1. The van der Waals surface area contributed by atoms with Gasteiger partial charge in [-0.1, -0.05) is 0 Å². The van der Waals surface area contributed by atoms with E-state index >= 15 is 0 Å². The maximum absolute atomic E-state index is 14.0. The Morgan fingerprint density at radius 1 is 1.29 bits per heavy atom. The third-order valence-corrected chi connectivity index (χ3v) is 4.74. The quantitative estimate of drug-likeness (QED) is 0.913. The van der Waals surface area contributed by atoms with E-state index in [-0.39, 0.29) is 11.5 Å². The van der Waals surface area contributed by atoms with E-state index in [9.17, 15) is 8.78 Å². The molecule has 2 N–H and O–H groups in total. The van der Waals surface area contributed by atoms with Crippen LogP contribution in [0.2, 0.25) is 0 Å². The van der Waals surface area contributed by atoms with Crippen molar-refractivity contribution in [3.63, 3.8) is 0 Å². The van der Waals surface area contributed by atoms with Crippen molar-refractivity contribution in [1.82, 2.24) is 0 Å². The van der Waals surface area contributed by atoms with Gasteiger partial charge in [0.2, 0.25) is 0 Å². The number of halogens is 2. The lowest BCUT2D eigenvalue weighted by molar-refractivity contribution is -0.101. The molecule has 3 nitrogen and oxygen atoms in total. The van der Waals surface area contributed by atoms with Crippen molar-refractivity contribution in [3.8, 4) is 0 Å². The Kier molecular flexibility index (Phi) is 3.99. The lowest BCUT2D eigenvalue weighted by Gasteiger charge is -2.39. The van der Waals surface area contributed by atoms with Gasteiger partial charge >= 0.3 is 0 Å². The molecule has 5 heteroatoms. The molecule has 2 fully saturated rings. The molecule has 2 saturated heterocycles. The molecule has 0 saturated carbocycles. The van der Waals surface area contributed by atoms with Gasteiger partial charge in [0, 0.05) is 37.3 Å². The van der Waals surface area contributed by atoms with Gasteiger partial charge in [-0.25, -0.2) is 8.78 Å². The normalized spacial score (nSPS) is 30.8. The van der Waals surface area contributed by atoms with E-state index in [2.05, 4.69) is 0 Å². The van der Waals surface area contributed by atoms with Crippen molar-refractivity contribution in [1.29, 1.82) is 0 Å². The summed E-state index contributed by atoms with van der Waals surface area (Å²) in [6, 6.07) is 2.02. The summed E-state index contributed by atoms with van der Waals surface area (Å²) >= 11 is 0. The van der Waals surface area contributed by atoms with Gasteiger partial charge in [0.1, 0.15) is 11.6 Å². The molecule has 3 rings (SSSR count). The number of hydrogen-bond acceptors (Lipinski definition) is 3. The predicted molar refractivity (Wildman–Crippen MR) is 74.9 cm³/mol. The predicted octanol–water partition coefficient (Wildman–Crippen LogP) is 2.86. The average molecular weight is 297 g/mol. The molecule has 2 aliphatic heterocycles. The van der Waals surface area contributed by atoms with Crippen molar-refractivity contribution in [3.05, 3.63) is 34.9 Å². The summed E-state index contributed by atoms with van der Waals surface area (Å²) in [7, 11) is 0. The van der Waals surface area contributed by atoms with E-state index < -0.39 is 17.7 Å². The third kappa shape index (κ3) is 2.82. The first-order valence-electron chi connectivity index (χ1n) is 7.44. The molecule has 2 aliphatic rings. The Labute approximate surface area is 123 Å². The molecule has 0 aromatic heterocycles. The highest BCUT2D eigenvalue weighted by Crippen LogP contribution is 2.40. The molecule has 0 radical (unpaired) electrons. The molecule has 3 unspecified atom stereocenters. The number of nitrogens with two attached hydrogens (primary N) is 1. The van der Waals surface area contributed by atoms with E-state index in [1.165, 1.54) is 6.07 Å². The van der Waals surface area contributed by atoms with Gasteiger partial charge in [0.15, 0.2) is 0 Å². The van der Waals surface area contributed by atoms with Crippen LogP contribution < -0.4 is 5.73 Å². The van der Waals surface area contributed by atoms with E-state index in [4.69, 9.17) is 15.2 Å². The van der Waals surface area contributed by atoms with E-state index in [1.807, 2.05) is 0 Å². The largest absolute Gasteiger partial charge is 0.378 e. The molecular formula is C16H21F2NO2. The lowest BCUT2D eigenvalue weighted by Crippen LogP contribution is -2.43.